The standard InChI is InChI=1S/C18H16ClFN2O3/c1-18(12-4-3-5-14(8-12)25-2)16(23)22(17(24)21-18)10-11-6-7-13(20)9-15(11)19/h3-9H,10H2,1-2H3,(H,21,24)/t18-/m1/s1. The summed E-state index contributed by atoms with van der Waals surface area (Å²) in [5.41, 5.74) is -0.114. The molecule has 130 valence electrons. The van der Waals surface area contributed by atoms with Crippen molar-refractivity contribution < 1.29 is 18.7 Å². The third-order valence-corrected chi connectivity index (χ3v) is 4.62. The maximum atomic E-state index is 13.2. The van der Waals surface area contributed by atoms with E-state index in [1.54, 1.807) is 31.2 Å². The fraction of sp³-hybridized carbons (Fsp3) is 0.222. The number of methoxy groups -OCH3 is 1. The smallest absolute Gasteiger partial charge is 0.325 e. The maximum Gasteiger partial charge on any atom is 0.325 e. The van der Waals surface area contributed by atoms with Gasteiger partial charge in [0.15, 0.2) is 0 Å². The SMILES string of the molecule is COc1cccc([C@@]2(C)NC(=O)N(Cc3ccc(F)cc3Cl)C2=O)c1. The Hall–Kier alpha value is -2.60. The fourth-order valence-electron chi connectivity index (χ4n) is 2.79. The van der Waals surface area contributed by atoms with Crippen LogP contribution in [0.1, 0.15) is 18.1 Å². The maximum absolute atomic E-state index is 13.2. The highest BCUT2D eigenvalue weighted by molar-refractivity contribution is 6.31. The Morgan fingerprint density at radius 2 is 2.00 bits per heavy atom. The van der Waals surface area contributed by atoms with Gasteiger partial charge in [0, 0.05) is 5.02 Å². The second-order valence-electron chi connectivity index (χ2n) is 5.91. The van der Waals surface area contributed by atoms with Crippen molar-refractivity contribution in [3.8, 4) is 5.75 Å². The minimum Gasteiger partial charge on any atom is -0.497 e. The van der Waals surface area contributed by atoms with Crippen molar-refractivity contribution in [2.45, 2.75) is 19.0 Å². The molecular formula is C18H16ClFN2O3. The van der Waals surface area contributed by atoms with E-state index >= 15 is 0 Å². The predicted molar refractivity (Wildman–Crippen MR) is 90.8 cm³/mol. The molecule has 1 aliphatic heterocycles. The second-order valence-corrected chi connectivity index (χ2v) is 6.32. The molecule has 3 amide bonds. The number of nitrogens with one attached hydrogen (secondary N) is 1. The highest BCUT2D eigenvalue weighted by atomic mass is 35.5. The number of carbonyl (C=O) groups excluding carboxylic acids is 2. The van der Waals surface area contributed by atoms with Gasteiger partial charge in [-0.2, -0.15) is 0 Å². The highest BCUT2D eigenvalue weighted by Crippen LogP contribution is 2.32. The van der Waals surface area contributed by atoms with Gasteiger partial charge in [0.2, 0.25) is 0 Å². The zero-order valence-corrected chi connectivity index (χ0v) is 14.4. The average molecular weight is 363 g/mol. The second kappa shape index (κ2) is 6.37. The molecule has 2 aromatic carbocycles. The number of carbonyl (C=O) groups is 2. The first kappa shape index (κ1) is 17.2. The number of nitrogens with zero attached hydrogens (tertiary/aromatic N) is 1. The summed E-state index contributed by atoms with van der Waals surface area (Å²) in [4.78, 5) is 26.3. The Kier molecular flexibility index (Phi) is 4.39. The summed E-state index contributed by atoms with van der Waals surface area (Å²) in [6, 6.07) is 10.3. The van der Waals surface area contributed by atoms with E-state index in [1.165, 1.54) is 19.2 Å². The average Bonchev–Trinajstić information content (AvgIpc) is 2.81. The highest BCUT2D eigenvalue weighted by Gasteiger charge is 2.49. The number of urea groups is 1. The van der Waals surface area contributed by atoms with Crippen LogP contribution in [0.15, 0.2) is 42.5 Å². The van der Waals surface area contributed by atoms with Crippen LogP contribution in [-0.4, -0.2) is 23.9 Å². The van der Waals surface area contributed by atoms with Gasteiger partial charge in [0.1, 0.15) is 17.1 Å². The van der Waals surface area contributed by atoms with Gasteiger partial charge in [-0.1, -0.05) is 29.8 Å². The van der Waals surface area contributed by atoms with Crippen molar-refractivity contribution in [2.24, 2.45) is 0 Å². The molecule has 3 rings (SSSR count). The summed E-state index contributed by atoms with van der Waals surface area (Å²) in [5.74, 6) is -0.306. The van der Waals surface area contributed by atoms with Crippen molar-refractivity contribution in [2.75, 3.05) is 7.11 Å². The van der Waals surface area contributed by atoms with Crippen LogP contribution in [0.5, 0.6) is 5.75 Å². The van der Waals surface area contributed by atoms with Crippen LogP contribution < -0.4 is 10.1 Å². The predicted octanol–water partition coefficient (Wildman–Crippen LogP) is 3.45. The zero-order chi connectivity index (χ0) is 18.2. The Morgan fingerprint density at radius 3 is 2.68 bits per heavy atom. The summed E-state index contributed by atoms with van der Waals surface area (Å²) in [7, 11) is 1.53. The molecule has 1 saturated heterocycles. The molecule has 1 N–H and O–H groups in total. The molecule has 0 bridgehead atoms. The molecule has 1 fully saturated rings. The van der Waals surface area contributed by atoms with E-state index in [-0.39, 0.29) is 11.6 Å². The summed E-state index contributed by atoms with van der Waals surface area (Å²) >= 11 is 6.00. The van der Waals surface area contributed by atoms with Crippen LogP contribution in [0.2, 0.25) is 5.02 Å². The lowest BCUT2D eigenvalue weighted by Crippen LogP contribution is -2.40. The molecule has 0 radical (unpaired) electrons. The first-order valence-corrected chi connectivity index (χ1v) is 7.95. The minimum absolute atomic E-state index is 0.0384. The largest absolute Gasteiger partial charge is 0.497 e. The molecule has 1 aliphatic rings. The van der Waals surface area contributed by atoms with E-state index in [0.717, 1.165) is 11.0 Å². The molecule has 5 nitrogen and oxygen atoms in total. The van der Waals surface area contributed by atoms with E-state index in [1.807, 2.05) is 0 Å². The Balaban J connectivity index is 1.91. The molecular weight excluding hydrogens is 347 g/mol. The van der Waals surface area contributed by atoms with Gasteiger partial charge in [0.05, 0.1) is 13.7 Å². The number of imide groups is 1. The molecule has 0 saturated carbocycles. The van der Waals surface area contributed by atoms with Gasteiger partial charge < -0.3 is 10.1 Å². The summed E-state index contributed by atoms with van der Waals surface area (Å²) in [6.45, 7) is 1.59. The number of hydrogen-bond acceptors (Lipinski definition) is 3. The molecule has 7 heteroatoms. The lowest BCUT2D eigenvalue weighted by molar-refractivity contribution is -0.131. The van der Waals surface area contributed by atoms with E-state index in [0.29, 0.717) is 16.9 Å². The van der Waals surface area contributed by atoms with Gasteiger partial charge >= 0.3 is 6.03 Å². The van der Waals surface area contributed by atoms with Gasteiger partial charge in [-0.3, -0.25) is 9.69 Å². The van der Waals surface area contributed by atoms with E-state index in [4.69, 9.17) is 16.3 Å². The number of rotatable bonds is 4. The molecule has 2 aromatic rings. The summed E-state index contributed by atoms with van der Waals surface area (Å²) in [6.07, 6.45) is 0. The van der Waals surface area contributed by atoms with Crippen LogP contribution in [0.25, 0.3) is 0 Å². The van der Waals surface area contributed by atoms with Crippen LogP contribution >= 0.6 is 11.6 Å². The fourth-order valence-corrected chi connectivity index (χ4v) is 3.02. The third-order valence-electron chi connectivity index (χ3n) is 4.27. The number of amides is 3. The van der Waals surface area contributed by atoms with Gasteiger partial charge in [0.25, 0.3) is 5.91 Å². The Labute approximate surface area is 149 Å². The molecule has 0 spiro atoms. The molecule has 0 unspecified atom stereocenters. The summed E-state index contributed by atoms with van der Waals surface area (Å²) in [5, 5.41) is 2.88. The quantitative estimate of drug-likeness (QED) is 0.847. The van der Waals surface area contributed by atoms with Gasteiger partial charge in [-0.05, 0) is 42.3 Å². The van der Waals surface area contributed by atoms with Crippen LogP contribution in [0.3, 0.4) is 0 Å². The molecule has 1 atom stereocenters. The molecule has 0 aromatic heterocycles. The Morgan fingerprint density at radius 1 is 1.24 bits per heavy atom. The van der Waals surface area contributed by atoms with E-state index < -0.39 is 23.3 Å². The molecule has 1 heterocycles. The topological polar surface area (TPSA) is 58.6 Å². The molecule has 0 aliphatic carbocycles. The normalized spacial score (nSPS) is 19.9. The number of halogens is 2. The van der Waals surface area contributed by atoms with Crippen molar-refractivity contribution in [3.63, 3.8) is 0 Å². The van der Waals surface area contributed by atoms with Gasteiger partial charge in [-0.25, -0.2) is 9.18 Å². The monoisotopic (exact) mass is 362 g/mol. The first-order chi connectivity index (χ1) is 11.8. The van der Waals surface area contributed by atoms with Crippen LogP contribution in [0.4, 0.5) is 9.18 Å². The zero-order valence-electron chi connectivity index (χ0n) is 13.7. The third kappa shape index (κ3) is 3.05. The number of benzene rings is 2. The number of ether oxygens (including phenoxy) is 1. The van der Waals surface area contributed by atoms with Crippen LogP contribution in [-0.2, 0) is 16.9 Å². The first-order valence-electron chi connectivity index (χ1n) is 7.57. The van der Waals surface area contributed by atoms with Crippen molar-refractivity contribution >= 4 is 23.5 Å². The lowest BCUT2D eigenvalue weighted by atomic mass is 9.92. The summed E-state index contributed by atoms with van der Waals surface area (Å²) < 4.78 is 18.4. The van der Waals surface area contributed by atoms with Crippen molar-refractivity contribution in [3.05, 3.63) is 64.4 Å². The van der Waals surface area contributed by atoms with Gasteiger partial charge in [-0.15, -0.1) is 0 Å². The lowest BCUT2D eigenvalue weighted by Gasteiger charge is -2.23. The van der Waals surface area contributed by atoms with Crippen LogP contribution in [0, 0.1) is 5.82 Å². The molecule has 25 heavy (non-hydrogen) atoms. The van der Waals surface area contributed by atoms with E-state index in [9.17, 15) is 14.0 Å². The van der Waals surface area contributed by atoms with Crippen molar-refractivity contribution in [1.29, 1.82) is 0 Å². The minimum atomic E-state index is -1.21. The Bertz CT molecular complexity index is 858. The van der Waals surface area contributed by atoms with Crippen molar-refractivity contribution in [1.82, 2.24) is 10.2 Å². The number of hydrogen-bond donors (Lipinski definition) is 1. The van der Waals surface area contributed by atoms with E-state index in [2.05, 4.69) is 5.32 Å².